The molecule has 208 valence electrons. The van der Waals surface area contributed by atoms with Gasteiger partial charge in [-0.15, -0.1) is 11.8 Å². The van der Waals surface area contributed by atoms with Gasteiger partial charge in [0.25, 0.3) is 0 Å². The molecule has 12 heteroatoms. The Labute approximate surface area is 221 Å². The Morgan fingerprint density at radius 3 is 1.77 bits per heavy atom. The molecular formula is C27H20F9NOS. The van der Waals surface area contributed by atoms with Crippen LogP contribution in [0.4, 0.5) is 39.5 Å². The van der Waals surface area contributed by atoms with Crippen molar-refractivity contribution >= 4 is 23.3 Å². The maximum absolute atomic E-state index is 14.8. The highest BCUT2D eigenvalue weighted by atomic mass is 32.2. The zero-order valence-corrected chi connectivity index (χ0v) is 21.4. The number of thioether (sulfide) groups is 1. The maximum Gasteiger partial charge on any atom is 0.200 e. The number of nitrogens with zero attached hydrogens (tertiary/aromatic N) is 1. The third-order valence-electron chi connectivity index (χ3n) is 5.67. The Hall–Kier alpha value is -3.28. The molecule has 0 N–H and O–H groups in total. The average molecular weight is 578 g/mol. The van der Waals surface area contributed by atoms with Crippen molar-refractivity contribution in [1.82, 2.24) is 0 Å². The third-order valence-corrected chi connectivity index (χ3v) is 6.96. The summed E-state index contributed by atoms with van der Waals surface area (Å²) in [4.78, 5) is 17.1. The molecule has 0 saturated carbocycles. The molecule has 0 aliphatic heterocycles. The first-order valence-electron chi connectivity index (χ1n) is 11.4. The SMILES string of the molecule is CC(C)SC(CN=C(c1c(F)c(F)c(F)c(F)c1F)C(C)C(=O)c1c(F)cc(F)c(F)c1F)c1ccccc1. The van der Waals surface area contributed by atoms with Crippen molar-refractivity contribution in [2.24, 2.45) is 10.9 Å². The third kappa shape index (κ3) is 6.15. The van der Waals surface area contributed by atoms with Crippen LogP contribution in [0.25, 0.3) is 0 Å². The van der Waals surface area contributed by atoms with E-state index in [2.05, 4.69) is 4.99 Å². The number of rotatable bonds is 9. The quantitative estimate of drug-likeness (QED) is 0.0845. The summed E-state index contributed by atoms with van der Waals surface area (Å²) >= 11 is 1.33. The van der Waals surface area contributed by atoms with Crippen molar-refractivity contribution in [1.29, 1.82) is 0 Å². The summed E-state index contributed by atoms with van der Waals surface area (Å²) in [7, 11) is 0. The second kappa shape index (κ2) is 12.3. The fraction of sp³-hybridized carbons (Fsp3) is 0.259. The first-order chi connectivity index (χ1) is 18.3. The van der Waals surface area contributed by atoms with Crippen molar-refractivity contribution in [2.75, 3.05) is 6.54 Å². The zero-order valence-electron chi connectivity index (χ0n) is 20.6. The molecule has 0 saturated heterocycles. The zero-order chi connectivity index (χ0) is 29.2. The number of halogens is 9. The molecule has 0 amide bonds. The molecule has 0 aromatic heterocycles. The van der Waals surface area contributed by atoms with Crippen molar-refractivity contribution in [3.8, 4) is 0 Å². The highest BCUT2D eigenvalue weighted by Crippen LogP contribution is 2.34. The van der Waals surface area contributed by atoms with Gasteiger partial charge in [-0.25, -0.2) is 39.5 Å². The molecule has 3 aromatic carbocycles. The largest absolute Gasteiger partial charge is 0.293 e. The predicted octanol–water partition coefficient (Wildman–Crippen LogP) is 8.13. The molecule has 3 rings (SSSR count). The van der Waals surface area contributed by atoms with Gasteiger partial charge >= 0.3 is 0 Å². The molecule has 39 heavy (non-hydrogen) atoms. The van der Waals surface area contributed by atoms with Gasteiger partial charge in [0.1, 0.15) is 5.82 Å². The molecule has 3 aromatic rings. The van der Waals surface area contributed by atoms with Gasteiger partial charge in [0.2, 0.25) is 5.82 Å². The molecule has 0 spiro atoms. The van der Waals surface area contributed by atoms with Crippen molar-refractivity contribution in [3.05, 3.63) is 105 Å². The molecule has 0 bridgehead atoms. The summed E-state index contributed by atoms with van der Waals surface area (Å²) in [6.45, 7) is 4.14. The summed E-state index contributed by atoms with van der Waals surface area (Å²) in [6.07, 6.45) is 0. The van der Waals surface area contributed by atoms with E-state index in [9.17, 15) is 44.3 Å². The highest BCUT2D eigenvalue weighted by molar-refractivity contribution is 8.00. The lowest BCUT2D eigenvalue weighted by Gasteiger charge is -2.21. The number of carbonyl (C=O) groups excluding carboxylic acids is 1. The second-order valence-corrected chi connectivity index (χ2v) is 10.5. The summed E-state index contributed by atoms with van der Waals surface area (Å²) in [5.74, 6) is -23.7. The Morgan fingerprint density at radius 1 is 0.718 bits per heavy atom. The molecule has 2 atom stereocenters. The number of aliphatic imine (C=N–C) groups is 1. The van der Waals surface area contributed by atoms with Gasteiger partial charge in [-0.3, -0.25) is 9.79 Å². The molecule has 0 fully saturated rings. The molecular weight excluding hydrogens is 557 g/mol. The van der Waals surface area contributed by atoms with Crippen LogP contribution in [0, 0.1) is 58.3 Å². The normalized spacial score (nSPS) is 13.6. The monoisotopic (exact) mass is 577 g/mol. The standard InChI is InChI=1S/C27H20F9NOS/c1-11(2)39-16(13-7-5-4-6-8-13)10-37-26(18-21(32)23(34)25(36)24(35)22(18)33)12(3)27(38)17-14(28)9-15(29)19(30)20(17)31/h4-9,11-12,16H,10H2,1-3H3. The van der Waals surface area contributed by atoms with Crippen molar-refractivity contribution in [2.45, 2.75) is 31.3 Å². The van der Waals surface area contributed by atoms with E-state index in [1.807, 2.05) is 13.8 Å². The van der Waals surface area contributed by atoms with Crippen LogP contribution < -0.4 is 0 Å². The first kappa shape index (κ1) is 30.3. The highest BCUT2D eigenvalue weighted by Gasteiger charge is 2.36. The fourth-order valence-corrected chi connectivity index (χ4v) is 4.93. The van der Waals surface area contributed by atoms with Crippen LogP contribution in [-0.4, -0.2) is 23.3 Å². The number of hydrogen-bond acceptors (Lipinski definition) is 3. The van der Waals surface area contributed by atoms with Crippen LogP contribution in [0.2, 0.25) is 0 Å². The smallest absolute Gasteiger partial charge is 0.200 e. The fourth-order valence-electron chi connectivity index (χ4n) is 3.80. The van der Waals surface area contributed by atoms with Crippen LogP contribution in [-0.2, 0) is 0 Å². The van der Waals surface area contributed by atoms with Gasteiger partial charge in [0.05, 0.1) is 29.3 Å². The molecule has 2 nitrogen and oxygen atoms in total. The van der Waals surface area contributed by atoms with E-state index in [-0.39, 0.29) is 17.9 Å². The maximum atomic E-state index is 14.8. The van der Waals surface area contributed by atoms with Crippen molar-refractivity contribution < 1.29 is 44.3 Å². The van der Waals surface area contributed by atoms with Gasteiger partial charge in [0, 0.05) is 11.3 Å². The Bertz CT molecular complexity index is 1400. The minimum atomic E-state index is -2.47. The van der Waals surface area contributed by atoms with E-state index in [0.29, 0.717) is 5.56 Å². The number of Topliss-reactive ketones (excluding diaryl/α,β-unsaturated/α-hetero) is 1. The summed E-state index contributed by atoms with van der Waals surface area (Å²) in [5, 5.41) is -0.561. The minimum absolute atomic E-state index is 0.0209. The lowest BCUT2D eigenvalue weighted by atomic mass is 9.89. The lowest BCUT2D eigenvalue weighted by Crippen LogP contribution is -2.28. The minimum Gasteiger partial charge on any atom is -0.293 e. The Morgan fingerprint density at radius 2 is 1.23 bits per heavy atom. The number of carbonyl (C=O) groups is 1. The van der Waals surface area contributed by atoms with Crippen LogP contribution in [0.1, 0.15) is 47.5 Å². The lowest BCUT2D eigenvalue weighted by molar-refractivity contribution is 0.0951. The summed E-state index contributed by atoms with van der Waals surface area (Å²) in [5.41, 5.74) is -3.54. The van der Waals surface area contributed by atoms with E-state index >= 15 is 0 Å². The summed E-state index contributed by atoms with van der Waals surface area (Å²) in [6, 6.07) is 8.40. The van der Waals surface area contributed by atoms with E-state index in [4.69, 9.17) is 0 Å². The van der Waals surface area contributed by atoms with Crippen molar-refractivity contribution in [3.63, 3.8) is 0 Å². The Balaban J connectivity index is 2.23. The van der Waals surface area contributed by atoms with E-state index in [1.54, 1.807) is 30.3 Å². The average Bonchev–Trinajstić information content (AvgIpc) is 2.90. The number of ketones is 1. The van der Waals surface area contributed by atoms with Crippen LogP contribution >= 0.6 is 11.8 Å². The summed E-state index contributed by atoms with van der Waals surface area (Å²) < 4.78 is 128. The Kier molecular flexibility index (Phi) is 9.52. The van der Waals surface area contributed by atoms with E-state index in [0.717, 1.165) is 6.92 Å². The molecule has 0 heterocycles. The van der Waals surface area contributed by atoms with E-state index < -0.39 is 86.1 Å². The molecule has 2 unspecified atom stereocenters. The second-order valence-electron chi connectivity index (χ2n) is 8.68. The van der Waals surface area contributed by atoms with Crippen LogP contribution in [0.3, 0.4) is 0 Å². The molecule has 0 radical (unpaired) electrons. The van der Waals surface area contributed by atoms with Gasteiger partial charge in [0.15, 0.2) is 46.5 Å². The first-order valence-corrected chi connectivity index (χ1v) is 12.4. The number of benzene rings is 3. The van der Waals surface area contributed by atoms with Gasteiger partial charge in [-0.1, -0.05) is 44.2 Å². The van der Waals surface area contributed by atoms with Gasteiger partial charge < -0.3 is 0 Å². The molecule has 0 aliphatic rings. The number of hydrogen-bond donors (Lipinski definition) is 0. The van der Waals surface area contributed by atoms with Crippen LogP contribution in [0.5, 0.6) is 0 Å². The topological polar surface area (TPSA) is 29.4 Å². The predicted molar refractivity (Wildman–Crippen MR) is 129 cm³/mol. The molecule has 0 aliphatic carbocycles. The van der Waals surface area contributed by atoms with E-state index in [1.165, 1.54) is 11.8 Å². The van der Waals surface area contributed by atoms with Gasteiger partial charge in [-0.05, 0) is 17.7 Å². The van der Waals surface area contributed by atoms with Gasteiger partial charge in [-0.2, -0.15) is 0 Å². The van der Waals surface area contributed by atoms with Crippen LogP contribution in [0.15, 0.2) is 41.4 Å².